The van der Waals surface area contributed by atoms with Crippen LogP contribution in [0.25, 0.3) is 6.08 Å². The fourth-order valence-corrected chi connectivity index (χ4v) is 4.54. The first-order chi connectivity index (χ1) is 14.9. The summed E-state index contributed by atoms with van der Waals surface area (Å²) in [5, 5.41) is 21.5. The number of carbonyl (C=O) groups is 1. The highest BCUT2D eigenvalue weighted by Crippen LogP contribution is 2.40. The Bertz CT molecular complexity index is 876. The summed E-state index contributed by atoms with van der Waals surface area (Å²) in [6.45, 7) is 13.3. The zero-order valence-electron chi connectivity index (χ0n) is 20.5. The molecule has 1 N–H and O–H groups in total. The summed E-state index contributed by atoms with van der Waals surface area (Å²) in [4.78, 5) is 15.6. The molecule has 1 aliphatic rings. The highest BCUT2D eigenvalue weighted by atomic mass is 32.2. The fraction of sp³-hybridized carbons (Fsp3) is 0.556. The molecule has 0 aliphatic carbocycles. The van der Waals surface area contributed by atoms with E-state index in [9.17, 15) is 9.90 Å². The molecule has 1 amide bonds. The number of thioether (sulfide) groups is 1. The Hall–Kier alpha value is -2.19. The molecule has 0 atom stereocenters. The summed E-state index contributed by atoms with van der Waals surface area (Å²) in [5.74, 6) is 0.385. The number of benzene rings is 1. The molecule has 2 rings (SSSR count). The van der Waals surface area contributed by atoms with E-state index in [4.69, 9.17) is 5.26 Å². The maximum Gasteiger partial charge on any atom is 0.264 e. The molecule has 4 nitrogen and oxygen atoms in total. The molecule has 1 aromatic carbocycles. The number of hydrogen-bond acceptors (Lipinski definition) is 4. The number of phenolic OH excluding ortho intramolecular Hbond substituents is 1. The number of carbonyl (C=O) groups excluding carboxylic acids is 1. The molecule has 174 valence electrons. The maximum absolute atomic E-state index is 13.1. The first kappa shape index (κ1) is 26.1. The standard InChI is InChI=1S/C27H38N2O2S/c1-26(2,3)21-17-20(18-22(24(21)30)27(4,5)6)19-23-25(31)29(15-16-32-23)14-12-10-8-7-9-11-13-28/h15-19,30H,7-12,14H2,1-6H3. The Morgan fingerprint density at radius 1 is 1.00 bits per heavy atom. The van der Waals surface area contributed by atoms with Crippen molar-refractivity contribution in [3.63, 3.8) is 0 Å². The Balaban J connectivity index is 2.18. The van der Waals surface area contributed by atoms with Gasteiger partial charge in [0.05, 0.1) is 11.0 Å². The van der Waals surface area contributed by atoms with Gasteiger partial charge in [0.1, 0.15) is 5.75 Å². The van der Waals surface area contributed by atoms with Crippen LogP contribution in [0.5, 0.6) is 5.75 Å². The van der Waals surface area contributed by atoms with Gasteiger partial charge in [0, 0.05) is 30.3 Å². The fourth-order valence-electron chi connectivity index (χ4n) is 3.76. The minimum atomic E-state index is -0.207. The summed E-state index contributed by atoms with van der Waals surface area (Å²) in [7, 11) is 0. The SMILES string of the molecule is CC(C)(C)c1cc(C=C2SC=CN(CCCCCCCC#N)C2=O)cc(C(C)(C)C)c1O. The van der Waals surface area contributed by atoms with Crippen molar-refractivity contribution in [2.24, 2.45) is 0 Å². The van der Waals surface area contributed by atoms with Crippen molar-refractivity contribution in [3.8, 4) is 11.8 Å². The van der Waals surface area contributed by atoms with Crippen molar-refractivity contribution in [2.45, 2.75) is 90.9 Å². The third-order valence-electron chi connectivity index (χ3n) is 5.64. The predicted molar refractivity (Wildman–Crippen MR) is 135 cm³/mol. The van der Waals surface area contributed by atoms with Crippen LogP contribution in [-0.4, -0.2) is 22.5 Å². The van der Waals surface area contributed by atoms with Gasteiger partial charge in [0.2, 0.25) is 0 Å². The average Bonchev–Trinajstić information content (AvgIpc) is 2.69. The van der Waals surface area contributed by atoms with Gasteiger partial charge in [-0.25, -0.2) is 0 Å². The van der Waals surface area contributed by atoms with Crippen molar-refractivity contribution in [1.82, 2.24) is 4.90 Å². The highest BCUT2D eigenvalue weighted by Gasteiger charge is 2.27. The van der Waals surface area contributed by atoms with Gasteiger partial charge in [-0.3, -0.25) is 4.79 Å². The summed E-state index contributed by atoms with van der Waals surface area (Å²) in [6.07, 6.45) is 9.62. The van der Waals surface area contributed by atoms with E-state index in [0.717, 1.165) is 48.8 Å². The third kappa shape index (κ3) is 7.17. The maximum atomic E-state index is 13.1. The van der Waals surface area contributed by atoms with Gasteiger partial charge in [-0.05, 0) is 52.9 Å². The van der Waals surface area contributed by atoms with Gasteiger partial charge in [-0.1, -0.05) is 72.6 Å². The van der Waals surface area contributed by atoms with E-state index >= 15 is 0 Å². The number of amides is 1. The van der Waals surface area contributed by atoms with E-state index in [1.54, 1.807) is 4.90 Å². The van der Waals surface area contributed by atoms with Gasteiger partial charge in [0.15, 0.2) is 0 Å². The molecule has 0 bridgehead atoms. The van der Waals surface area contributed by atoms with Crippen LogP contribution in [0.3, 0.4) is 0 Å². The number of nitrogens with zero attached hydrogens (tertiary/aromatic N) is 2. The molecule has 1 aliphatic heterocycles. The Morgan fingerprint density at radius 2 is 1.56 bits per heavy atom. The minimum Gasteiger partial charge on any atom is -0.507 e. The minimum absolute atomic E-state index is 0.0321. The van der Waals surface area contributed by atoms with E-state index in [0.29, 0.717) is 23.6 Å². The molecule has 0 radical (unpaired) electrons. The highest BCUT2D eigenvalue weighted by molar-refractivity contribution is 8.06. The summed E-state index contributed by atoms with van der Waals surface area (Å²) < 4.78 is 0. The van der Waals surface area contributed by atoms with Gasteiger partial charge in [-0.2, -0.15) is 5.26 Å². The van der Waals surface area contributed by atoms with E-state index in [1.807, 2.05) is 29.8 Å². The lowest BCUT2D eigenvalue weighted by Gasteiger charge is -2.28. The van der Waals surface area contributed by atoms with Crippen LogP contribution in [0.2, 0.25) is 0 Å². The van der Waals surface area contributed by atoms with Crippen LogP contribution in [0, 0.1) is 11.3 Å². The van der Waals surface area contributed by atoms with Crippen molar-refractivity contribution in [1.29, 1.82) is 5.26 Å². The number of hydrogen-bond donors (Lipinski definition) is 1. The zero-order chi connectivity index (χ0) is 23.9. The zero-order valence-corrected chi connectivity index (χ0v) is 21.3. The van der Waals surface area contributed by atoms with E-state index in [1.165, 1.54) is 11.8 Å². The molecule has 1 aromatic rings. The molecule has 0 fully saturated rings. The second kappa shape index (κ2) is 11.1. The third-order valence-corrected chi connectivity index (χ3v) is 6.45. The van der Waals surface area contributed by atoms with E-state index in [2.05, 4.69) is 47.6 Å². The second-order valence-corrected chi connectivity index (χ2v) is 11.5. The Kier molecular flexibility index (Phi) is 9.04. The Morgan fingerprint density at radius 3 is 2.12 bits per heavy atom. The molecule has 0 saturated carbocycles. The van der Waals surface area contributed by atoms with Crippen LogP contribution in [0.1, 0.15) is 96.8 Å². The number of nitriles is 1. The van der Waals surface area contributed by atoms with Crippen LogP contribution in [-0.2, 0) is 15.6 Å². The van der Waals surface area contributed by atoms with Crippen molar-refractivity contribution in [3.05, 3.63) is 45.3 Å². The van der Waals surface area contributed by atoms with Gasteiger partial charge < -0.3 is 10.0 Å². The second-order valence-electron chi connectivity index (χ2n) is 10.6. The van der Waals surface area contributed by atoms with Crippen molar-refractivity contribution in [2.75, 3.05) is 6.54 Å². The lowest BCUT2D eigenvalue weighted by Crippen LogP contribution is -2.29. The van der Waals surface area contributed by atoms with Crippen LogP contribution < -0.4 is 0 Å². The first-order valence-electron chi connectivity index (χ1n) is 11.6. The molecule has 0 unspecified atom stereocenters. The molecule has 0 aromatic heterocycles. The quantitative estimate of drug-likeness (QED) is 0.332. The van der Waals surface area contributed by atoms with Crippen LogP contribution in [0.4, 0.5) is 0 Å². The number of aromatic hydroxyl groups is 1. The smallest absolute Gasteiger partial charge is 0.264 e. The molecule has 5 heteroatoms. The molecule has 0 spiro atoms. The average molecular weight is 455 g/mol. The van der Waals surface area contributed by atoms with E-state index < -0.39 is 0 Å². The molecular formula is C27H38N2O2S. The van der Waals surface area contributed by atoms with E-state index in [-0.39, 0.29) is 16.7 Å². The summed E-state index contributed by atoms with van der Waals surface area (Å²) in [6, 6.07) is 6.20. The Labute approximate surface area is 198 Å². The predicted octanol–water partition coefficient (Wildman–Crippen LogP) is 7.24. The van der Waals surface area contributed by atoms with Crippen LogP contribution >= 0.6 is 11.8 Å². The van der Waals surface area contributed by atoms with Crippen molar-refractivity contribution < 1.29 is 9.90 Å². The molecular weight excluding hydrogens is 416 g/mol. The monoisotopic (exact) mass is 454 g/mol. The number of unbranched alkanes of at least 4 members (excludes halogenated alkanes) is 5. The lowest BCUT2D eigenvalue weighted by atomic mass is 9.78. The summed E-state index contributed by atoms with van der Waals surface area (Å²) >= 11 is 1.45. The van der Waals surface area contributed by atoms with Gasteiger partial charge in [0.25, 0.3) is 5.91 Å². The number of phenols is 1. The topological polar surface area (TPSA) is 64.3 Å². The molecule has 32 heavy (non-hydrogen) atoms. The van der Waals surface area contributed by atoms with Crippen molar-refractivity contribution >= 4 is 23.7 Å². The van der Waals surface area contributed by atoms with Gasteiger partial charge >= 0.3 is 0 Å². The first-order valence-corrected chi connectivity index (χ1v) is 12.4. The normalized spacial score (nSPS) is 16.0. The molecule has 1 heterocycles. The molecule has 0 saturated heterocycles. The number of rotatable bonds is 8. The lowest BCUT2D eigenvalue weighted by molar-refractivity contribution is -0.124. The summed E-state index contributed by atoms with van der Waals surface area (Å²) in [5.41, 5.74) is 2.33. The van der Waals surface area contributed by atoms with Crippen LogP contribution in [0.15, 0.2) is 28.6 Å². The largest absolute Gasteiger partial charge is 0.507 e. The van der Waals surface area contributed by atoms with Gasteiger partial charge in [-0.15, -0.1) is 0 Å².